The molecule has 1 N–H and O–H groups in total. The molecule has 3 nitrogen and oxygen atoms in total. The summed E-state index contributed by atoms with van der Waals surface area (Å²) in [4.78, 5) is 10.9. The zero-order valence-electron chi connectivity index (χ0n) is 7.06. The number of carbonyl (C=O) groups excluding carboxylic acids is 1. The molecule has 1 aliphatic rings. The van der Waals surface area contributed by atoms with E-state index in [9.17, 15) is 9.18 Å². The van der Waals surface area contributed by atoms with Gasteiger partial charge in [0, 0.05) is 11.8 Å². The lowest BCUT2D eigenvalue weighted by Gasteiger charge is -2.03. The molecule has 0 fully saturated rings. The summed E-state index contributed by atoms with van der Waals surface area (Å²) in [6.45, 7) is 0. The van der Waals surface area contributed by atoms with Crippen molar-refractivity contribution in [1.29, 1.82) is 0 Å². The number of nitrogens with one attached hydrogen (secondary N) is 1. The molecule has 0 aromatic heterocycles. The number of benzene rings is 1. The maximum Gasteiger partial charge on any atom is 0.228 e. The number of methoxy groups -OCH3 is 1. The minimum atomic E-state index is -0.455. The van der Waals surface area contributed by atoms with Crippen molar-refractivity contribution in [1.82, 2.24) is 0 Å². The van der Waals surface area contributed by atoms with E-state index in [1.807, 2.05) is 0 Å². The predicted molar refractivity (Wildman–Crippen MR) is 45.3 cm³/mol. The van der Waals surface area contributed by atoms with Crippen molar-refractivity contribution in [2.24, 2.45) is 0 Å². The van der Waals surface area contributed by atoms with E-state index >= 15 is 0 Å². The summed E-state index contributed by atoms with van der Waals surface area (Å²) in [6, 6.07) is 2.82. The van der Waals surface area contributed by atoms with Crippen LogP contribution in [-0.4, -0.2) is 13.0 Å². The van der Waals surface area contributed by atoms with E-state index in [2.05, 4.69) is 5.32 Å². The lowest BCUT2D eigenvalue weighted by atomic mass is 10.1. The van der Waals surface area contributed by atoms with E-state index in [1.165, 1.54) is 13.2 Å². The highest BCUT2D eigenvalue weighted by atomic mass is 19.1. The van der Waals surface area contributed by atoms with Gasteiger partial charge in [-0.25, -0.2) is 4.39 Å². The van der Waals surface area contributed by atoms with Crippen LogP contribution >= 0.6 is 0 Å². The van der Waals surface area contributed by atoms with Gasteiger partial charge in [0.1, 0.15) is 0 Å². The fourth-order valence-corrected chi connectivity index (χ4v) is 1.38. The summed E-state index contributed by atoms with van der Waals surface area (Å²) >= 11 is 0. The van der Waals surface area contributed by atoms with Gasteiger partial charge in [-0.15, -0.1) is 0 Å². The van der Waals surface area contributed by atoms with Gasteiger partial charge in [0.05, 0.1) is 13.5 Å². The summed E-state index contributed by atoms with van der Waals surface area (Å²) in [7, 11) is 1.40. The van der Waals surface area contributed by atoms with Gasteiger partial charge in [-0.2, -0.15) is 0 Å². The van der Waals surface area contributed by atoms with E-state index in [1.54, 1.807) is 6.07 Å². The minimum Gasteiger partial charge on any atom is -0.494 e. The smallest absolute Gasteiger partial charge is 0.228 e. The van der Waals surface area contributed by atoms with Gasteiger partial charge in [0.2, 0.25) is 5.91 Å². The zero-order chi connectivity index (χ0) is 9.42. The van der Waals surface area contributed by atoms with E-state index in [4.69, 9.17) is 4.74 Å². The minimum absolute atomic E-state index is 0.109. The highest BCUT2D eigenvalue weighted by Gasteiger charge is 2.20. The maximum absolute atomic E-state index is 13.1. The summed E-state index contributed by atoms with van der Waals surface area (Å²) in [5.74, 6) is -0.388. The van der Waals surface area contributed by atoms with Crippen molar-refractivity contribution < 1.29 is 13.9 Å². The molecule has 0 unspecified atom stereocenters. The van der Waals surface area contributed by atoms with Crippen molar-refractivity contribution in [3.8, 4) is 5.75 Å². The average Bonchev–Trinajstić information content (AvgIpc) is 2.42. The van der Waals surface area contributed by atoms with Crippen LogP contribution in [0, 0.1) is 5.82 Å². The number of carbonyl (C=O) groups is 1. The number of anilines is 1. The van der Waals surface area contributed by atoms with Crippen LogP contribution < -0.4 is 10.1 Å². The quantitative estimate of drug-likeness (QED) is 0.709. The van der Waals surface area contributed by atoms with Crippen molar-refractivity contribution in [3.63, 3.8) is 0 Å². The first-order valence-corrected chi connectivity index (χ1v) is 3.87. The Morgan fingerprint density at radius 1 is 1.54 bits per heavy atom. The standard InChI is InChI=1S/C9H8FNO2/c1-13-8-2-5-3-9(12)11-7(5)4-6(8)10/h2,4H,3H2,1H3,(H,11,12). The Kier molecular flexibility index (Phi) is 1.69. The topological polar surface area (TPSA) is 38.3 Å². The van der Waals surface area contributed by atoms with Gasteiger partial charge >= 0.3 is 0 Å². The number of halogens is 1. The Balaban J connectivity index is 2.50. The molecule has 0 atom stereocenters. The number of ether oxygens (including phenoxy) is 1. The fraction of sp³-hybridized carbons (Fsp3) is 0.222. The molecule has 1 aromatic rings. The third-order valence-electron chi connectivity index (χ3n) is 2.00. The summed E-state index contributed by atoms with van der Waals surface area (Å²) < 4.78 is 17.9. The van der Waals surface area contributed by atoms with Crippen LogP contribution in [0.25, 0.3) is 0 Å². The molecule has 0 spiro atoms. The summed E-state index contributed by atoms with van der Waals surface area (Å²) in [5.41, 5.74) is 1.33. The molecule has 0 saturated heterocycles. The third-order valence-corrected chi connectivity index (χ3v) is 2.00. The van der Waals surface area contributed by atoms with E-state index in [0.29, 0.717) is 12.1 Å². The first kappa shape index (κ1) is 8.04. The highest BCUT2D eigenvalue weighted by Crippen LogP contribution is 2.29. The van der Waals surface area contributed by atoms with Gasteiger partial charge in [-0.05, 0) is 11.6 Å². The van der Waals surface area contributed by atoms with Crippen LogP contribution in [0.5, 0.6) is 5.75 Å². The van der Waals surface area contributed by atoms with Crippen LogP contribution in [0.2, 0.25) is 0 Å². The molecule has 1 aromatic carbocycles. The Morgan fingerprint density at radius 3 is 3.00 bits per heavy atom. The Hall–Kier alpha value is -1.58. The fourth-order valence-electron chi connectivity index (χ4n) is 1.38. The molecule has 13 heavy (non-hydrogen) atoms. The molecule has 0 radical (unpaired) electrons. The normalized spacial score (nSPS) is 13.8. The number of amides is 1. The van der Waals surface area contributed by atoms with Gasteiger partial charge in [0.25, 0.3) is 0 Å². The molecule has 1 amide bonds. The molecule has 0 saturated carbocycles. The molecule has 4 heteroatoms. The highest BCUT2D eigenvalue weighted by molar-refractivity contribution is 5.99. The lowest BCUT2D eigenvalue weighted by Crippen LogP contribution is -2.03. The van der Waals surface area contributed by atoms with Crippen molar-refractivity contribution in [3.05, 3.63) is 23.5 Å². The SMILES string of the molecule is COc1cc2c(cc1F)NC(=O)C2. The Labute approximate surface area is 74.5 Å². The van der Waals surface area contributed by atoms with Crippen molar-refractivity contribution >= 4 is 11.6 Å². The van der Waals surface area contributed by atoms with E-state index < -0.39 is 5.82 Å². The van der Waals surface area contributed by atoms with Crippen LogP contribution in [0.3, 0.4) is 0 Å². The molecule has 2 rings (SSSR count). The molecular formula is C9H8FNO2. The largest absolute Gasteiger partial charge is 0.494 e. The number of hydrogen-bond acceptors (Lipinski definition) is 2. The molecular weight excluding hydrogens is 173 g/mol. The summed E-state index contributed by atoms with van der Waals surface area (Å²) in [5, 5.41) is 2.56. The summed E-state index contributed by atoms with van der Waals surface area (Å²) in [6.07, 6.45) is 0.298. The predicted octanol–water partition coefficient (Wildman–Crippen LogP) is 1.33. The molecule has 68 valence electrons. The van der Waals surface area contributed by atoms with E-state index in [-0.39, 0.29) is 11.7 Å². The van der Waals surface area contributed by atoms with E-state index in [0.717, 1.165) is 5.56 Å². The van der Waals surface area contributed by atoms with Gasteiger partial charge in [-0.3, -0.25) is 4.79 Å². The van der Waals surface area contributed by atoms with Crippen LogP contribution in [0.1, 0.15) is 5.56 Å². The van der Waals surface area contributed by atoms with Crippen molar-refractivity contribution in [2.45, 2.75) is 6.42 Å². The van der Waals surface area contributed by atoms with Gasteiger partial charge in [-0.1, -0.05) is 0 Å². The molecule has 1 aliphatic heterocycles. The first-order valence-electron chi connectivity index (χ1n) is 3.87. The third kappa shape index (κ3) is 1.24. The molecule has 1 heterocycles. The maximum atomic E-state index is 13.1. The average molecular weight is 181 g/mol. The number of fused-ring (bicyclic) bond motifs is 1. The lowest BCUT2D eigenvalue weighted by molar-refractivity contribution is -0.115. The van der Waals surface area contributed by atoms with Gasteiger partial charge < -0.3 is 10.1 Å². The molecule has 0 bridgehead atoms. The number of hydrogen-bond donors (Lipinski definition) is 1. The Morgan fingerprint density at radius 2 is 2.31 bits per heavy atom. The second kappa shape index (κ2) is 2.73. The first-order chi connectivity index (χ1) is 6.20. The number of rotatable bonds is 1. The van der Waals surface area contributed by atoms with Crippen LogP contribution in [0.15, 0.2) is 12.1 Å². The second-order valence-electron chi connectivity index (χ2n) is 2.87. The molecule has 0 aliphatic carbocycles. The zero-order valence-corrected chi connectivity index (χ0v) is 7.06. The second-order valence-corrected chi connectivity index (χ2v) is 2.87. The van der Waals surface area contributed by atoms with Crippen LogP contribution in [-0.2, 0) is 11.2 Å². The Bertz CT molecular complexity index is 376. The van der Waals surface area contributed by atoms with Gasteiger partial charge in [0.15, 0.2) is 11.6 Å². The van der Waals surface area contributed by atoms with Crippen molar-refractivity contribution in [2.75, 3.05) is 12.4 Å². The van der Waals surface area contributed by atoms with Crippen LogP contribution in [0.4, 0.5) is 10.1 Å². The monoisotopic (exact) mass is 181 g/mol.